The highest BCUT2D eigenvalue weighted by Crippen LogP contribution is 2.10. The molecule has 0 aliphatic carbocycles. The molecule has 0 unspecified atom stereocenters. The number of nitrogens with zero attached hydrogens (tertiary/aromatic N) is 2. The van der Waals surface area contributed by atoms with Crippen LogP contribution in [0, 0.1) is 0 Å². The summed E-state index contributed by atoms with van der Waals surface area (Å²) in [5.74, 6) is 1.08. The number of hydrogen-bond donors (Lipinski definition) is 3. The maximum absolute atomic E-state index is 9.26. The van der Waals surface area contributed by atoms with Crippen molar-refractivity contribution in [3.05, 3.63) is 54.4 Å². The number of hydrogen-bond acceptors (Lipinski definition) is 2. The van der Waals surface area contributed by atoms with E-state index in [0.29, 0.717) is 6.54 Å². The van der Waals surface area contributed by atoms with Crippen molar-refractivity contribution in [1.82, 2.24) is 15.2 Å². The van der Waals surface area contributed by atoms with E-state index >= 15 is 0 Å². The normalized spacial score (nSPS) is 10.9. The molecule has 2 aromatic rings. The Morgan fingerprint density at radius 3 is 2.45 bits per heavy atom. The van der Waals surface area contributed by atoms with Gasteiger partial charge in [-0.1, -0.05) is 12.1 Å². The molecule has 22 heavy (non-hydrogen) atoms. The molecule has 0 amide bonds. The zero-order valence-electron chi connectivity index (χ0n) is 12.7. The van der Waals surface area contributed by atoms with Crippen LogP contribution >= 0.6 is 24.0 Å². The van der Waals surface area contributed by atoms with Crippen LogP contribution in [0.15, 0.2) is 53.8 Å². The molecule has 0 spiro atoms. The van der Waals surface area contributed by atoms with Gasteiger partial charge >= 0.3 is 0 Å². The van der Waals surface area contributed by atoms with Crippen molar-refractivity contribution in [3.63, 3.8) is 0 Å². The molecule has 120 valence electrons. The number of rotatable bonds is 6. The van der Waals surface area contributed by atoms with E-state index in [4.69, 9.17) is 0 Å². The van der Waals surface area contributed by atoms with Crippen molar-refractivity contribution in [2.45, 2.75) is 20.0 Å². The quantitative estimate of drug-likeness (QED) is 0.387. The van der Waals surface area contributed by atoms with Gasteiger partial charge in [0.2, 0.25) is 0 Å². The van der Waals surface area contributed by atoms with Crippen LogP contribution in [-0.2, 0) is 13.1 Å². The molecule has 0 fully saturated rings. The largest absolute Gasteiger partial charge is 0.508 e. The number of aliphatic imine (C=N–C) groups is 1. The summed E-state index contributed by atoms with van der Waals surface area (Å²) in [4.78, 5) is 4.54. The van der Waals surface area contributed by atoms with E-state index in [1.165, 1.54) is 0 Å². The zero-order valence-corrected chi connectivity index (χ0v) is 15.0. The highest BCUT2D eigenvalue weighted by molar-refractivity contribution is 14.0. The molecule has 1 aromatic heterocycles. The molecule has 0 aliphatic heterocycles. The highest BCUT2D eigenvalue weighted by Gasteiger charge is 1.98. The summed E-state index contributed by atoms with van der Waals surface area (Å²) in [5, 5.41) is 15.8. The lowest BCUT2D eigenvalue weighted by molar-refractivity contribution is 0.475. The van der Waals surface area contributed by atoms with Gasteiger partial charge in [0, 0.05) is 32.0 Å². The van der Waals surface area contributed by atoms with Gasteiger partial charge in [0.05, 0.1) is 6.54 Å². The lowest BCUT2D eigenvalue weighted by Crippen LogP contribution is -2.38. The van der Waals surface area contributed by atoms with Crippen LogP contribution in [0.25, 0.3) is 0 Å². The molecule has 0 saturated carbocycles. The molecule has 5 nitrogen and oxygen atoms in total. The Morgan fingerprint density at radius 1 is 1.14 bits per heavy atom. The second-order valence-electron chi connectivity index (χ2n) is 4.71. The molecule has 3 N–H and O–H groups in total. The third kappa shape index (κ3) is 6.38. The molecule has 0 radical (unpaired) electrons. The fourth-order valence-corrected chi connectivity index (χ4v) is 1.94. The van der Waals surface area contributed by atoms with E-state index in [9.17, 15) is 5.11 Å². The first-order valence-corrected chi connectivity index (χ1v) is 7.19. The van der Waals surface area contributed by atoms with Gasteiger partial charge in [-0.3, -0.25) is 0 Å². The van der Waals surface area contributed by atoms with E-state index < -0.39 is 0 Å². The molecule has 1 heterocycles. The summed E-state index contributed by atoms with van der Waals surface area (Å²) in [5.41, 5.74) is 1.07. The van der Waals surface area contributed by atoms with Crippen LogP contribution < -0.4 is 10.6 Å². The Morgan fingerprint density at radius 2 is 1.82 bits per heavy atom. The van der Waals surface area contributed by atoms with Gasteiger partial charge in [-0.05, 0) is 36.8 Å². The van der Waals surface area contributed by atoms with Crippen molar-refractivity contribution >= 4 is 29.9 Å². The van der Waals surface area contributed by atoms with Crippen LogP contribution in [0.2, 0.25) is 0 Å². The SMILES string of the molecule is CCNC(=NCc1ccc(O)cc1)NCCn1cccc1.I. The van der Waals surface area contributed by atoms with E-state index in [0.717, 1.165) is 31.2 Å². The highest BCUT2D eigenvalue weighted by atomic mass is 127. The van der Waals surface area contributed by atoms with Gasteiger partial charge in [-0.25, -0.2) is 4.99 Å². The van der Waals surface area contributed by atoms with Gasteiger partial charge in [0.25, 0.3) is 0 Å². The second-order valence-corrected chi connectivity index (χ2v) is 4.71. The predicted molar refractivity (Wildman–Crippen MR) is 101 cm³/mol. The first kappa shape index (κ1) is 18.3. The Bertz CT molecular complexity index is 552. The molecule has 0 saturated heterocycles. The summed E-state index contributed by atoms with van der Waals surface area (Å²) in [6.07, 6.45) is 4.09. The first-order chi connectivity index (χ1) is 10.3. The monoisotopic (exact) mass is 414 g/mol. The third-order valence-electron chi connectivity index (χ3n) is 3.03. The summed E-state index contributed by atoms with van der Waals surface area (Å²) in [6.45, 7) is 5.17. The van der Waals surface area contributed by atoms with Crippen molar-refractivity contribution < 1.29 is 5.11 Å². The number of aromatic hydroxyl groups is 1. The Labute approximate surface area is 148 Å². The van der Waals surface area contributed by atoms with Crippen LogP contribution in [0.3, 0.4) is 0 Å². The predicted octanol–water partition coefficient (Wildman–Crippen LogP) is 2.57. The Kier molecular flexibility index (Phi) is 8.42. The van der Waals surface area contributed by atoms with Crippen molar-refractivity contribution in [2.24, 2.45) is 4.99 Å². The van der Waals surface area contributed by atoms with E-state index in [1.807, 2.05) is 43.6 Å². The number of phenols is 1. The molecule has 0 atom stereocenters. The summed E-state index contributed by atoms with van der Waals surface area (Å²) in [7, 11) is 0. The minimum absolute atomic E-state index is 0. The molecule has 1 aromatic carbocycles. The van der Waals surface area contributed by atoms with Gasteiger partial charge in [0.15, 0.2) is 5.96 Å². The first-order valence-electron chi connectivity index (χ1n) is 7.19. The third-order valence-corrected chi connectivity index (χ3v) is 3.03. The van der Waals surface area contributed by atoms with Gasteiger partial charge < -0.3 is 20.3 Å². The maximum Gasteiger partial charge on any atom is 0.191 e. The van der Waals surface area contributed by atoms with Gasteiger partial charge in [0.1, 0.15) is 5.75 Å². The smallest absolute Gasteiger partial charge is 0.191 e. The lowest BCUT2D eigenvalue weighted by Gasteiger charge is -2.11. The van der Waals surface area contributed by atoms with Crippen LogP contribution in [0.5, 0.6) is 5.75 Å². The Hall–Kier alpha value is -1.70. The van der Waals surface area contributed by atoms with E-state index in [1.54, 1.807) is 12.1 Å². The van der Waals surface area contributed by atoms with E-state index in [-0.39, 0.29) is 29.7 Å². The number of benzene rings is 1. The van der Waals surface area contributed by atoms with Crippen molar-refractivity contribution in [3.8, 4) is 5.75 Å². The fraction of sp³-hybridized carbons (Fsp3) is 0.312. The average molecular weight is 414 g/mol. The van der Waals surface area contributed by atoms with Crippen LogP contribution in [-0.4, -0.2) is 28.7 Å². The lowest BCUT2D eigenvalue weighted by atomic mass is 10.2. The number of phenolic OH excluding ortho intramolecular Hbond substituents is 1. The van der Waals surface area contributed by atoms with E-state index in [2.05, 4.69) is 20.2 Å². The summed E-state index contributed by atoms with van der Waals surface area (Å²) in [6, 6.07) is 11.1. The number of guanidine groups is 1. The number of aromatic nitrogens is 1. The molecular weight excluding hydrogens is 391 g/mol. The maximum atomic E-state index is 9.26. The van der Waals surface area contributed by atoms with Crippen LogP contribution in [0.4, 0.5) is 0 Å². The molecule has 2 rings (SSSR count). The molecule has 6 heteroatoms. The standard InChI is InChI=1S/C16H22N4O.HI/c1-2-17-16(18-9-12-20-10-3-4-11-20)19-13-14-5-7-15(21)8-6-14;/h3-8,10-11,21H,2,9,12-13H2,1H3,(H2,17,18,19);1H. The second kappa shape index (κ2) is 10.1. The van der Waals surface area contributed by atoms with Crippen molar-refractivity contribution in [1.29, 1.82) is 0 Å². The zero-order chi connectivity index (χ0) is 14.9. The average Bonchev–Trinajstić information content (AvgIpc) is 3.00. The van der Waals surface area contributed by atoms with Crippen molar-refractivity contribution in [2.75, 3.05) is 13.1 Å². The summed E-state index contributed by atoms with van der Waals surface area (Å²) >= 11 is 0. The number of nitrogens with one attached hydrogen (secondary N) is 2. The molecule has 0 aliphatic rings. The van der Waals surface area contributed by atoms with Gasteiger partial charge in [-0.15, -0.1) is 24.0 Å². The summed E-state index contributed by atoms with van der Waals surface area (Å²) < 4.78 is 2.12. The molecular formula is C16H23IN4O. The molecule has 0 bridgehead atoms. The number of halogens is 1. The fourth-order valence-electron chi connectivity index (χ4n) is 1.94. The van der Waals surface area contributed by atoms with Gasteiger partial charge in [-0.2, -0.15) is 0 Å². The Balaban J connectivity index is 0.00000242. The topological polar surface area (TPSA) is 61.6 Å². The minimum atomic E-state index is 0. The minimum Gasteiger partial charge on any atom is -0.508 e. The van der Waals surface area contributed by atoms with Crippen LogP contribution in [0.1, 0.15) is 12.5 Å².